The second kappa shape index (κ2) is 27.6. The van der Waals surface area contributed by atoms with Crippen LogP contribution in [-0.2, 0) is 43.9 Å². The molecule has 2 N–H and O–H groups in total. The lowest BCUT2D eigenvalue weighted by molar-refractivity contribution is -0.157. The average Bonchev–Trinajstić information content (AvgIpc) is 3.87. The van der Waals surface area contributed by atoms with Gasteiger partial charge in [-0.15, -0.1) is 0 Å². The van der Waals surface area contributed by atoms with Gasteiger partial charge in [0.2, 0.25) is 0 Å². The first-order valence-electron chi connectivity index (χ1n) is 23.2. The molecule has 352 valence electrons. The molecular weight excluding hydrogens is 857 g/mol. The van der Waals surface area contributed by atoms with Crippen LogP contribution in [0.2, 0.25) is 5.02 Å². The number of nitriles is 1. The molecule has 64 heavy (non-hydrogen) atoms. The molecule has 0 spiro atoms. The Kier molecular flexibility index (Phi) is 22.1. The number of fused-ring (bicyclic) bond motifs is 1. The fraction of sp³-hybridized carbons (Fsp3) is 0.604. The number of phosphoric ester groups is 1. The van der Waals surface area contributed by atoms with Crippen molar-refractivity contribution in [1.29, 1.82) is 5.26 Å². The van der Waals surface area contributed by atoms with Crippen LogP contribution >= 0.6 is 19.4 Å². The first-order valence-corrected chi connectivity index (χ1v) is 25.0. The number of rotatable bonds is 33. The van der Waals surface area contributed by atoms with E-state index in [1.165, 1.54) is 89.8 Å². The van der Waals surface area contributed by atoms with Gasteiger partial charge in [0.25, 0.3) is 6.26 Å². The summed E-state index contributed by atoms with van der Waals surface area (Å²) < 4.78 is 64.7. The van der Waals surface area contributed by atoms with Crippen molar-refractivity contribution in [3.05, 3.63) is 89.3 Å². The molecule has 0 saturated carbocycles. The summed E-state index contributed by atoms with van der Waals surface area (Å²) in [5.41, 5.74) is 8.24. The van der Waals surface area contributed by atoms with E-state index in [1.807, 2.05) is 30.3 Å². The third kappa shape index (κ3) is 17.2. The van der Waals surface area contributed by atoms with Crippen LogP contribution < -0.4 is 10.3 Å². The van der Waals surface area contributed by atoms with Crippen LogP contribution in [-0.4, -0.2) is 65.1 Å². The highest BCUT2D eigenvalue weighted by Crippen LogP contribution is 2.52. The van der Waals surface area contributed by atoms with Gasteiger partial charge < -0.3 is 33.9 Å². The van der Waals surface area contributed by atoms with Crippen LogP contribution in [0.5, 0.6) is 5.75 Å². The number of nitrogens with two attached hydrogens (primary N) is 1. The van der Waals surface area contributed by atoms with E-state index >= 15 is 0 Å². The quantitative estimate of drug-likeness (QED) is 0.0272. The van der Waals surface area contributed by atoms with E-state index < -0.39 is 44.6 Å². The van der Waals surface area contributed by atoms with Crippen molar-refractivity contribution >= 4 is 30.8 Å². The second-order valence-corrected chi connectivity index (χ2v) is 18.8. The van der Waals surface area contributed by atoms with Gasteiger partial charge in [0.15, 0.2) is 17.7 Å². The Hall–Kier alpha value is -3.77. The van der Waals surface area contributed by atoms with Gasteiger partial charge in [0.1, 0.15) is 42.5 Å². The molecule has 3 heterocycles. The van der Waals surface area contributed by atoms with Gasteiger partial charge in [-0.3, -0.25) is 9.05 Å². The molecule has 1 fully saturated rings. The first-order chi connectivity index (χ1) is 31.1. The van der Waals surface area contributed by atoms with Gasteiger partial charge in [-0.2, -0.15) is 10.4 Å². The number of nitrogens with zero attached hydrogens (tertiary/aromatic N) is 4. The number of phosphoric acid groups is 1. The van der Waals surface area contributed by atoms with Crippen molar-refractivity contribution in [1.82, 2.24) is 14.6 Å². The standard InChI is InChI=1S/C48H69ClN5O9P/c1-4-5-6-7-8-9-10-11-12-13-14-15-16-17-18-24-31-57-39(33-56-32-38-25-20-19-21-26-38)34-59-64(55,63-43-28-23-22-27-40(43)49)60-35-44(58-36-50)46-45(61-48(2,3)62-46)41-29-30-42-47(51)52-37-53-54(41)42/h19-23,25-30,37,39,44-46H,4-18,24,31-35H2,1-3H3,(H2,51,52,53)/t39-,44-,45+,46-,64?/m1/s1. The lowest BCUT2D eigenvalue weighted by Crippen LogP contribution is -2.37. The second-order valence-electron chi connectivity index (χ2n) is 16.8. The molecule has 0 aliphatic carbocycles. The smallest absolute Gasteiger partial charge is 0.419 e. The molecule has 1 aliphatic heterocycles. The summed E-state index contributed by atoms with van der Waals surface area (Å²) >= 11 is 6.46. The minimum absolute atomic E-state index is 0.0765. The van der Waals surface area contributed by atoms with Crippen molar-refractivity contribution in [2.75, 3.05) is 32.2 Å². The molecule has 1 saturated heterocycles. The number of para-hydroxylation sites is 1. The Bertz CT molecular complexity index is 2020. The zero-order valence-electron chi connectivity index (χ0n) is 38.0. The molecule has 4 aromatic rings. The number of ether oxygens (including phenoxy) is 5. The zero-order chi connectivity index (χ0) is 45.5. The number of anilines is 1. The van der Waals surface area contributed by atoms with E-state index in [2.05, 4.69) is 17.0 Å². The molecular formula is C48H69ClN5O9P. The summed E-state index contributed by atoms with van der Waals surface area (Å²) in [4.78, 5) is 4.07. The third-order valence-electron chi connectivity index (χ3n) is 11.1. The molecule has 5 rings (SSSR count). The number of benzene rings is 2. The Morgan fingerprint density at radius 3 is 2.11 bits per heavy atom. The van der Waals surface area contributed by atoms with Gasteiger partial charge in [-0.1, -0.05) is 157 Å². The van der Waals surface area contributed by atoms with Crippen molar-refractivity contribution in [2.24, 2.45) is 0 Å². The summed E-state index contributed by atoms with van der Waals surface area (Å²) in [6.45, 7) is 6.05. The predicted octanol–water partition coefficient (Wildman–Crippen LogP) is 12.1. The van der Waals surface area contributed by atoms with Crippen molar-refractivity contribution in [3.63, 3.8) is 0 Å². The fourth-order valence-corrected chi connectivity index (χ4v) is 9.22. The van der Waals surface area contributed by atoms with Crippen LogP contribution in [0.15, 0.2) is 73.1 Å². The molecule has 0 bridgehead atoms. The molecule has 16 heteroatoms. The van der Waals surface area contributed by atoms with Crippen LogP contribution in [0.1, 0.15) is 141 Å². The van der Waals surface area contributed by atoms with Crippen LogP contribution in [0, 0.1) is 11.5 Å². The number of nitrogen functional groups attached to an aromatic ring is 1. The van der Waals surface area contributed by atoms with Crippen molar-refractivity contribution < 1.29 is 41.8 Å². The van der Waals surface area contributed by atoms with E-state index in [1.54, 1.807) is 61.0 Å². The number of hydrogen-bond donors (Lipinski definition) is 1. The highest BCUT2D eigenvalue weighted by molar-refractivity contribution is 7.48. The monoisotopic (exact) mass is 925 g/mol. The van der Waals surface area contributed by atoms with Gasteiger partial charge >= 0.3 is 7.82 Å². The fourth-order valence-electron chi connectivity index (χ4n) is 7.74. The molecule has 1 aliphatic rings. The van der Waals surface area contributed by atoms with Crippen LogP contribution in [0.25, 0.3) is 5.52 Å². The minimum atomic E-state index is -4.51. The highest BCUT2D eigenvalue weighted by Gasteiger charge is 2.49. The minimum Gasteiger partial charge on any atom is -0.419 e. The Balaban J connectivity index is 1.17. The lowest BCUT2D eigenvalue weighted by Gasteiger charge is -2.27. The maximum atomic E-state index is 14.7. The average molecular weight is 927 g/mol. The molecule has 2 aromatic heterocycles. The highest BCUT2D eigenvalue weighted by atomic mass is 35.5. The van der Waals surface area contributed by atoms with Crippen LogP contribution in [0.3, 0.4) is 0 Å². The Morgan fingerprint density at radius 2 is 1.45 bits per heavy atom. The lowest BCUT2D eigenvalue weighted by atomic mass is 10.0. The Labute approximate surface area is 385 Å². The van der Waals surface area contributed by atoms with Gasteiger partial charge in [0.05, 0.1) is 30.5 Å². The molecule has 1 unspecified atom stereocenters. The van der Waals surface area contributed by atoms with Gasteiger partial charge in [-0.25, -0.2) is 14.1 Å². The first kappa shape index (κ1) is 51.2. The van der Waals surface area contributed by atoms with E-state index in [-0.39, 0.29) is 29.8 Å². The van der Waals surface area contributed by atoms with Gasteiger partial charge in [0, 0.05) is 6.61 Å². The number of aromatic nitrogens is 3. The van der Waals surface area contributed by atoms with E-state index in [4.69, 9.17) is 54.6 Å². The SMILES string of the molecule is CCCCCCCCCCCCCCCCCCO[C@H](COCc1ccccc1)COP(=O)(OC[C@@H](OC#N)[C@H]1OC(C)(C)O[C@H]1c1ccc2c(N)ncnn12)Oc1ccccc1Cl. The Morgan fingerprint density at radius 1 is 0.828 bits per heavy atom. The maximum Gasteiger partial charge on any atom is 0.530 e. The summed E-state index contributed by atoms with van der Waals surface area (Å²) in [5.74, 6) is -0.760. The zero-order valence-corrected chi connectivity index (χ0v) is 39.6. The predicted molar refractivity (Wildman–Crippen MR) is 248 cm³/mol. The molecule has 5 atom stereocenters. The molecule has 0 radical (unpaired) electrons. The third-order valence-corrected chi connectivity index (χ3v) is 12.8. The van der Waals surface area contributed by atoms with Crippen LogP contribution in [0.4, 0.5) is 5.82 Å². The summed E-state index contributed by atoms with van der Waals surface area (Å²) in [7, 11) is -4.51. The molecule has 2 aromatic carbocycles. The topological polar surface area (TPSA) is 171 Å². The number of halogens is 1. The number of hydrogen-bond acceptors (Lipinski definition) is 13. The van der Waals surface area contributed by atoms with Gasteiger partial charge in [-0.05, 0) is 50.1 Å². The summed E-state index contributed by atoms with van der Waals surface area (Å²) in [5, 5.41) is 14.3. The largest absolute Gasteiger partial charge is 0.530 e. The maximum absolute atomic E-state index is 14.7. The molecule has 0 amide bonds. The van der Waals surface area contributed by atoms with E-state index in [9.17, 15) is 9.83 Å². The van der Waals surface area contributed by atoms with E-state index in [0.29, 0.717) is 24.4 Å². The molecule has 14 nitrogen and oxygen atoms in total. The van der Waals surface area contributed by atoms with Crippen molar-refractivity contribution in [3.8, 4) is 12.0 Å². The van der Waals surface area contributed by atoms with Crippen molar-refractivity contribution in [2.45, 2.75) is 160 Å². The normalized spacial score (nSPS) is 17.8. The number of unbranched alkanes of at least 4 members (excludes halogenated alkanes) is 15. The summed E-state index contributed by atoms with van der Waals surface area (Å²) in [6.07, 6.45) is 20.0. The van der Waals surface area contributed by atoms with E-state index in [0.717, 1.165) is 24.8 Å². The summed E-state index contributed by atoms with van der Waals surface area (Å²) in [6, 6.07) is 19.9.